The Balaban J connectivity index is 2.06. The Morgan fingerprint density at radius 3 is 2.79 bits per heavy atom. The molecule has 0 unspecified atom stereocenters. The SMILES string of the molecule is NC(=S)N/N=C/c1ccc2oc3ccccc3c2c1. The van der Waals surface area contributed by atoms with E-state index in [0.29, 0.717) is 0 Å². The topological polar surface area (TPSA) is 63.5 Å². The van der Waals surface area contributed by atoms with Crippen molar-refractivity contribution in [2.24, 2.45) is 10.8 Å². The second-order valence-electron chi connectivity index (χ2n) is 4.09. The highest BCUT2D eigenvalue weighted by Gasteiger charge is 2.05. The molecule has 1 aromatic heterocycles. The van der Waals surface area contributed by atoms with Crippen LogP contribution in [0.4, 0.5) is 0 Å². The lowest BCUT2D eigenvalue weighted by molar-refractivity contribution is 0.669. The lowest BCUT2D eigenvalue weighted by Gasteiger charge is -1.95. The molecule has 0 spiro atoms. The van der Waals surface area contributed by atoms with Crippen LogP contribution in [0.3, 0.4) is 0 Å². The third kappa shape index (κ3) is 2.28. The quantitative estimate of drug-likeness (QED) is 0.426. The Bertz CT molecular complexity index is 792. The van der Waals surface area contributed by atoms with Crippen LogP contribution in [0.5, 0.6) is 0 Å². The van der Waals surface area contributed by atoms with Gasteiger partial charge in [0.2, 0.25) is 0 Å². The van der Waals surface area contributed by atoms with Crippen LogP contribution in [0.1, 0.15) is 5.56 Å². The monoisotopic (exact) mass is 269 g/mol. The molecule has 0 saturated carbocycles. The van der Waals surface area contributed by atoms with Gasteiger partial charge in [-0.2, -0.15) is 5.10 Å². The molecule has 2 aromatic carbocycles. The van der Waals surface area contributed by atoms with E-state index in [1.54, 1.807) is 6.21 Å². The van der Waals surface area contributed by atoms with E-state index in [2.05, 4.69) is 22.7 Å². The predicted molar refractivity (Wildman–Crippen MR) is 81.2 cm³/mol. The molecule has 94 valence electrons. The molecule has 0 saturated heterocycles. The van der Waals surface area contributed by atoms with Gasteiger partial charge in [0.05, 0.1) is 6.21 Å². The van der Waals surface area contributed by atoms with Crippen molar-refractivity contribution < 1.29 is 4.42 Å². The van der Waals surface area contributed by atoms with E-state index in [1.807, 2.05) is 42.5 Å². The number of thiocarbonyl (C=S) groups is 1. The molecular formula is C14H11N3OS. The molecule has 0 aliphatic heterocycles. The molecule has 19 heavy (non-hydrogen) atoms. The molecule has 0 bridgehead atoms. The zero-order valence-corrected chi connectivity index (χ0v) is 10.8. The van der Waals surface area contributed by atoms with Crippen molar-refractivity contribution in [3.05, 3.63) is 48.0 Å². The Kier molecular flexibility index (Phi) is 2.89. The van der Waals surface area contributed by atoms with Gasteiger partial charge in [0.15, 0.2) is 5.11 Å². The molecule has 5 heteroatoms. The Morgan fingerprint density at radius 2 is 1.95 bits per heavy atom. The van der Waals surface area contributed by atoms with E-state index < -0.39 is 0 Å². The van der Waals surface area contributed by atoms with Crippen LogP contribution >= 0.6 is 12.2 Å². The summed E-state index contributed by atoms with van der Waals surface area (Å²) in [5, 5.41) is 6.24. The minimum absolute atomic E-state index is 0.145. The fourth-order valence-corrected chi connectivity index (χ4v) is 2.05. The van der Waals surface area contributed by atoms with Gasteiger partial charge in [0.1, 0.15) is 11.2 Å². The summed E-state index contributed by atoms with van der Waals surface area (Å²) in [7, 11) is 0. The summed E-state index contributed by atoms with van der Waals surface area (Å²) >= 11 is 4.68. The number of benzene rings is 2. The summed E-state index contributed by atoms with van der Waals surface area (Å²) < 4.78 is 5.75. The summed E-state index contributed by atoms with van der Waals surface area (Å²) in [5.74, 6) is 0. The number of nitrogens with zero attached hydrogens (tertiary/aromatic N) is 1. The number of para-hydroxylation sites is 1. The molecule has 0 atom stereocenters. The average Bonchev–Trinajstić information content (AvgIpc) is 2.76. The highest BCUT2D eigenvalue weighted by Crippen LogP contribution is 2.28. The zero-order chi connectivity index (χ0) is 13.2. The summed E-state index contributed by atoms with van der Waals surface area (Å²) in [6.45, 7) is 0. The van der Waals surface area contributed by atoms with Gasteiger partial charge in [0.25, 0.3) is 0 Å². The van der Waals surface area contributed by atoms with Crippen molar-refractivity contribution in [2.45, 2.75) is 0 Å². The summed E-state index contributed by atoms with van der Waals surface area (Å²) in [6, 6.07) is 13.8. The van der Waals surface area contributed by atoms with E-state index in [-0.39, 0.29) is 5.11 Å². The van der Waals surface area contributed by atoms with Crippen molar-refractivity contribution in [2.75, 3.05) is 0 Å². The molecule has 3 aromatic rings. The Morgan fingerprint density at radius 1 is 1.16 bits per heavy atom. The van der Waals surface area contributed by atoms with E-state index >= 15 is 0 Å². The number of nitrogens with two attached hydrogens (primary N) is 1. The Labute approximate surface area is 114 Å². The van der Waals surface area contributed by atoms with E-state index in [4.69, 9.17) is 10.2 Å². The number of fused-ring (bicyclic) bond motifs is 3. The van der Waals surface area contributed by atoms with E-state index in [0.717, 1.165) is 27.5 Å². The average molecular weight is 269 g/mol. The molecule has 4 nitrogen and oxygen atoms in total. The first-order valence-electron chi connectivity index (χ1n) is 5.74. The second kappa shape index (κ2) is 4.70. The van der Waals surface area contributed by atoms with Crippen LogP contribution in [0.15, 0.2) is 52.0 Å². The molecule has 0 radical (unpaired) electrons. The van der Waals surface area contributed by atoms with Gasteiger partial charge in [-0.25, -0.2) is 0 Å². The van der Waals surface area contributed by atoms with Crippen LogP contribution in [0.2, 0.25) is 0 Å². The van der Waals surface area contributed by atoms with Crippen LogP contribution in [-0.2, 0) is 0 Å². The molecule has 1 heterocycles. The van der Waals surface area contributed by atoms with Crippen LogP contribution < -0.4 is 11.2 Å². The maximum absolute atomic E-state index is 5.75. The van der Waals surface area contributed by atoms with Crippen LogP contribution in [-0.4, -0.2) is 11.3 Å². The van der Waals surface area contributed by atoms with Crippen molar-refractivity contribution in [3.8, 4) is 0 Å². The number of nitrogens with one attached hydrogen (secondary N) is 1. The van der Waals surface area contributed by atoms with Crippen molar-refractivity contribution >= 4 is 45.5 Å². The fourth-order valence-electron chi connectivity index (χ4n) is 1.99. The highest BCUT2D eigenvalue weighted by molar-refractivity contribution is 7.80. The van der Waals surface area contributed by atoms with Crippen LogP contribution in [0.25, 0.3) is 21.9 Å². The lowest BCUT2D eigenvalue weighted by atomic mass is 10.1. The lowest BCUT2D eigenvalue weighted by Crippen LogP contribution is -2.23. The van der Waals surface area contributed by atoms with Crippen molar-refractivity contribution in [3.63, 3.8) is 0 Å². The maximum atomic E-state index is 5.75. The molecule has 0 aliphatic rings. The highest BCUT2D eigenvalue weighted by atomic mass is 32.1. The first kappa shape index (κ1) is 11.7. The zero-order valence-electron chi connectivity index (χ0n) is 9.96. The molecule has 3 N–H and O–H groups in total. The van der Waals surface area contributed by atoms with Gasteiger partial charge < -0.3 is 10.2 Å². The van der Waals surface area contributed by atoms with Gasteiger partial charge in [-0.1, -0.05) is 18.2 Å². The minimum Gasteiger partial charge on any atom is -0.456 e. The molecule has 0 fully saturated rings. The van der Waals surface area contributed by atoms with Crippen molar-refractivity contribution in [1.29, 1.82) is 0 Å². The normalized spacial score (nSPS) is 11.4. The smallest absolute Gasteiger partial charge is 0.184 e. The number of furan rings is 1. The third-order valence-electron chi connectivity index (χ3n) is 2.79. The summed E-state index contributed by atoms with van der Waals surface area (Å²) in [4.78, 5) is 0. The van der Waals surface area contributed by atoms with Gasteiger partial charge in [-0.15, -0.1) is 0 Å². The molecule has 3 rings (SSSR count). The van der Waals surface area contributed by atoms with Gasteiger partial charge in [-0.3, -0.25) is 5.43 Å². The summed E-state index contributed by atoms with van der Waals surface area (Å²) in [6.07, 6.45) is 1.67. The van der Waals surface area contributed by atoms with Gasteiger partial charge in [0, 0.05) is 10.8 Å². The first-order chi connectivity index (χ1) is 9.24. The molecular weight excluding hydrogens is 258 g/mol. The minimum atomic E-state index is 0.145. The van der Waals surface area contributed by atoms with Crippen LogP contribution in [0, 0.1) is 0 Å². The van der Waals surface area contributed by atoms with Gasteiger partial charge in [-0.05, 0) is 42.0 Å². The molecule has 0 amide bonds. The first-order valence-corrected chi connectivity index (χ1v) is 6.15. The van der Waals surface area contributed by atoms with Gasteiger partial charge >= 0.3 is 0 Å². The second-order valence-corrected chi connectivity index (χ2v) is 4.53. The third-order valence-corrected chi connectivity index (χ3v) is 2.88. The molecule has 0 aliphatic carbocycles. The largest absolute Gasteiger partial charge is 0.456 e. The standard InChI is InChI=1S/C14H11N3OS/c15-14(19)17-16-8-9-5-6-13-11(7-9)10-3-1-2-4-12(10)18-13/h1-8H,(H3,15,17,19)/b16-8+. The number of hydrogen-bond donors (Lipinski definition) is 2. The summed E-state index contributed by atoms with van der Waals surface area (Å²) in [5.41, 5.74) is 10.5. The van der Waals surface area contributed by atoms with E-state index in [1.165, 1.54) is 0 Å². The predicted octanol–water partition coefficient (Wildman–Crippen LogP) is 2.75. The van der Waals surface area contributed by atoms with E-state index in [9.17, 15) is 0 Å². The fraction of sp³-hybridized carbons (Fsp3) is 0. The maximum Gasteiger partial charge on any atom is 0.184 e. The number of hydrogen-bond acceptors (Lipinski definition) is 3. The number of hydrazone groups is 1. The Hall–Kier alpha value is -2.40. The van der Waals surface area contributed by atoms with Crippen molar-refractivity contribution in [1.82, 2.24) is 5.43 Å². The number of rotatable bonds is 2.